The quantitative estimate of drug-likeness (QED) is 0.767. The maximum atomic E-state index is 12.7. The van der Waals surface area contributed by atoms with Crippen LogP contribution in [0.15, 0.2) is 0 Å². The Bertz CT molecular complexity index is 286. The summed E-state index contributed by atoms with van der Waals surface area (Å²) in [5, 5.41) is 3.53. The summed E-state index contributed by atoms with van der Waals surface area (Å²) in [6, 6.07) is 0.374. The minimum atomic E-state index is 0.0294. The Morgan fingerprint density at radius 1 is 1.16 bits per heavy atom. The van der Waals surface area contributed by atoms with Crippen molar-refractivity contribution in [2.45, 2.75) is 85.5 Å². The van der Waals surface area contributed by atoms with Gasteiger partial charge in [0.15, 0.2) is 0 Å². The lowest BCUT2D eigenvalue weighted by Gasteiger charge is -2.34. The van der Waals surface area contributed by atoms with Crippen molar-refractivity contribution in [3.8, 4) is 0 Å². The van der Waals surface area contributed by atoms with Gasteiger partial charge in [0.05, 0.1) is 12.2 Å². The van der Waals surface area contributed by atoms with Gasteiger partial charge in [0.25, 0.3) is 0 Å². The zero-order chi connectivity index (χ0) is 14.6. The molecule has 0 aliphatic carbocycles. The Balaban J connectivity index is 2.82. The van der Waals surface area contributed by atoms with Crippen molar-refractivity contribution in [1.29, 1.82) is 0 Å². The molecule has 0 aromatic rings. The van der Waals surface area contributed by atoms with Crippen LogP contribution in [0.2, 0.25) is 0 Å². The third-order valence-corrected chi connectivity index (χ3v) is 4.55. The molecular formula is C16H32N2O. The molecule has 0 aromatic carbocycles. The molecule has 0 radical (unpaired) electrons. The summed E-state index contributed by atoms with van der Waals surface area (Å²) < 4.78 is 0. The van der Waals surface area contributed by atoms with Crippen molar-refractivity contribution in [3.63, 3.8) is 0 Å². The van der Waals surface area contributed by atoms with Crippen LogP contribution in [0.1, 0.15) is 67.2 Å². The smallest absolute Gasteiger partial charge is 0.241 e. The predicted molar refractivity (Wildman–Crippen MR) is 80.8 cm³/mol. The highest BCUT2D eigenvalue weighted by Crippen LogP contribution is 2.27. The van der Waals surface area contributed by atoms with Crippen LogP contribution in [0.5, 0.6) is 0 Å². The maximum Gasteiger partial charge on any atom is 0.241 e. The van der Waals surface area contributed by atoms with E-state index in [4.69, 9.17) is 0 Å². The number of amides is 1. The Morgan fingerprint density at radius 2 is 1.74 bits per heavy atom. The highest BCUT2D eigenvalue weighted by molar-refractivity contribution is 5.84. The van der Waals surface area contributed by atoms with E-state index in [1.165, 1.54) is 0 Å². The highest BCUT2D eigenvalue weighted by Gasteiger charge is 2.41. The maximum absolute atomic E-state index is 12.7. The summed E-state index contributed by atoms with van der Waals surface area (Å²) in [6.45, 7) is 13.2. The summed E-state index contributed by atoms with van der Waals surface area (Å²) in [5.41, 5.74) is 0. The Hall–Kier alpha value is -0.570. The fourth-order valence-electron chi connectivity index (χ4n) is 3.35. The topological polar surface area (TPSA) is 32.3 Å². The molecule has 1 aliphatic heterocycles. The molecule has 1 fully saturated rings. The minimum Gasteiger partial charge on any atom is -0.323 e. The van der Waals surface area contributed by atoms with Crippen molar-refractivity contribution in [2.75, 3.05) is 0 Å². The molecule has 1 heterocycles. The summed E-state index contributed by atoms with van der Waals surface area (Å²) in [6.07, 6.45) is 4.46. The third kappa shape index (κ3) is 3.71. The summed E-state index contributed by atoms with van der Waals surface area (Å²) in [7, 11) is 0. The van der Waals surface area contributed by atoms with E-state index < -0.39 is 0 Å². The van der Waals surface area contributed by atoms with Gasteiger partial charge in [0.2, 0.25) is 5.91 Å². The number of nitrogens with one attached hydrogen (secondary N) is 1. The van der Waals surface area contributed by atoms with E-state index >= 15 is 0 Å². The van der Waals surface area contributed by atoms with Crippen LogP contribution in [0, 0.1) is 11.8 Å². The van der Waals surface area contributed by atoms with Crippen LogP contribution in [0.3, 0.4) is 0 Å². The first-order valence-electron chi connectivity index (χ1n) is 8.04. The van der Waals surface area contributed by atoms with Crippen LogP contribution in [0.25, 0.3) is 0 Å². The van der Waals surface area contributed by atoms with Crippen molar-refractivity contribution in [2.24, 2.45) is 11.8 Å². The number of hydrogen-bond donors (Lipinski definition) is 1. The fourth-order valence-corrected chi connectivity index (χ4v) is 3.35. The lowest BCUT2D eigenvalue weighted by atomic mass is 9.93. The Kier molecular flexibility index (Phi) is 6.31. The molecule has 1 aliphatic rings. The molecule has 1 N–H and O–H groups in total. The first-order chi connectivity index (χ1) is 8.96. The van der Waals surface area contributed by atoms with E-state index in [2.05, 4.69) is 51.8 Å². The van der Waals surface area contributed by atoms with E-state index in [0.717, 1.165) is 25.7 Å². The largest absolute Gasteiger partial charge is 0.323 e. The van der Waals surface area contributed by atoms with E-state index in [-0.39, 0.29) is 12.2 Å². The molecule has 3 heteroatoms. The normalized spacial score (nSPS) is 25.7. The number of hydrogen-bond acceptors (Lipinski definition) is 2. The second-order valence-corrected chi connectivity index (χ2v) is 6.34. The first kappa shape index (κ1) is 16.5. The summed E-state index contributed by atoms with van der Waals surface area (Å²) >= 11 is 0. The Labute approximate surface area is 119 Å². The number of rotatable bonds is 7. The number of nitrogens with zero attached hydrogens (tertiary/aromatic N) is 1. The van der Waals surface area contributed by atoms with Gasteiger partial charge in [0, 0.05) is 6.04 Å². The van der Waals surface area contributed by atoms with Gasteiger partial charge in [-0.2, -0.15) is 0 Å². The molecule has 1 amide bonds. The van der Waals surface area contributed by atoms with Crippen molar-refractivity contribution in [1.82, 2.24) is 10.2 Å². The SMILES string of the molecule is CCC(CC)C(C)N1C(=O)C(CC(C)C)NC1CC. The van der Waals surface area contributed by atoms with E-state index in [1.807, 2.05) is 0 Å². The van der Waals surface area contributed by atoms with Crippen LogP contribution in [0.4, 0.5) is 0 Å². The molecule has 19 heavy (non-hydrogen) atoms. The van der Waals surface area contributed by atoms with E-state index in [0.29, 0.717) is 23.8 Å². The van der Waals surface area contributed by atoms with Gasteiger partial charge >= 0.3 is 0 Å². The van der Waals surface area contributed by atoms with Crippen LogP contribution in [-0.4, -0.2) is 29.1 Å². The molecular weight excluding hydrogens is 236 g/mol. The lowest BCUT2D eigenvalue weighted by Crippen LogP contribution is -2.46. The zero-order valence-electron chi connectivity index (χ0n) is 13.6. The molecule has 112 valence electrons. The fraction of sp³-hybridized carbons (Fsp3) is 0.938. The van der Waals surface area contributed by atoms with Gasteiger partial charge in [-0.15, -0.1) is 0 Å². The van der Waals surface area contributed by atoms with Gasteiger partial charge in [-0.1, -0.05) is 47.5 Å². The van der Waals surface area contributed by atoms with Crippen molar-refractivity contribution >= 4 is 5.91 Å². The lowest BCUT2D eigenvalue weighted by molar-refractivity contribution is -0.133. The second-order valence-electron chi connectivity index (χ2n) is 6.34. The molecule has 1 rings (SSSR count). The van der Waals surface area contributed by atoms with Crippen LogP contribution in [-0.2, 0) is 4.79 Å². The van der Waals surface area contributed by atoms with Gasteiger partial charge in [-0.3, -0.25) is 10.1 Å². The third-order valence-electron chi connectivity index (χ3n) is 4.55. The highest BCUT2D eigenvalue weighted by atomic mass is 16.2. The molecule has 3 atom stereocenters. The molecule has 0 bridgehead atoms. The molecule has 1 saturated heterocycles. The van der Waals surface area contributed by atoms with Crippen LogP contribution < -0.4 is 5.32 Å². The monoisotopic (exact) mass is 268 g/mol. The van der Waals surface area contributed by atoms with Gasteiger partial charge in [-0.25, -0.2) is 0 Å². The van der Waals surface area contributed by atoms with Gasteiger partial charge in [-0.05, 0) is 31.6 Å². The van der Waals surface area contributed by atoms with Crippen LogP contribution >= 0.6 is 0 Å². The van der Waals surface area contributed by atoms with Crippen molar-refractivity contribution in [3.05, 3.63) is 0 Å². The predicted octanol–water partition coefficient (Wildman–Crippen LogP) is 3.39. The second kappa shape index (κ2) is 7.28. The van der Waals surface area contributed by atoms with Gasteiger partial charge < -0.3 is 4.90 Å². The van der Waals surface area contributed by atoms with E-state index in [9.17, 15) is 4.79 Å². The molecule has 3 unspecified atom stereocenters. The zero-order valence-corrected chi connectivity index (χ0v) is 13.6. The van der Waals surface area contributed by atoms with Crippen molar-refractivity contribution < 1.29 is 4.79 Å². The van der Waals surface area contributed by atoms with E-state index in [1.54, 1.807) is 0 Å². The average Bonchev–Trinajstić information content (AvgIpc) is 2.66. The Morgan fingerprint density at radius 3 is 2.16 bits per heavy atom. The summed E-state index contributed by atoms with van der Waals surface area (Å²) in [5.74, 6) is 1.49. The summed E-state index contributed by atoms with van der Waals surface area (Å²) in [4.78, 5) is 14.8. The average molecular weight is 268 g/mol. The number of carbonyl (C=O) groups excluding carboxylic acids is 1. The molecule has 3 nitrogen and oxygen atoms in total. The molecule has 0 aromatic heterocycles. The first-order valence-corrected chi connectivity index (χ1v) is 8.04. The molecule has 0 saturated carbocycles. The molecule has 0 spiro atoms. The minimum absolute atomic E-state index is 0.0294. The van der Waals surface area contributed by atoms with Gasteiger partial charge in [0.1, 0.15) is 0 Å². The number of carbonyl (C=O) groups is 1. The standard InChI is InChI=1S/C16H32N2O/c1-7-13(8-2)12(6)18-15(9-3)17-14(16(18)19)10-11(4)5/h11-15,17H,7-10H2,1-6H3.